The van der Waals surface area contributed by atoms with Crippen LogP contribution in [0, 0.1) is 0 Å². The Hall–Kier alpha value is -3.00. The number of nitrogens with zero attached hydrogens (tertiary/aromatic N) is 3. The number of H-pyrrole nitrogens is 1. The Labute approximate surface area is 179 Å². The summed E-state index contributed by atoms with van der Waals surface area (Å²) in [6.07, 6.45) is 8.01. The molecule has 0 radical (unpaired) electrons. The Bertz CT molecular complexity index is 996. The van der Waals surface area contributed by atoms with Crippen molar-refractivity contribution in [1.29, 1.82) is 0 Å². The van der Waals surface area contributed by atoms with E-state index in [1.807, 2.05) is 41.3 Å². The highest BCUT2D eigenvalue weighted by Crippen LogP contribution is 2.26. The number of furan rings is 1. The number of amides is 1. The van der Waals surface area contributed by atoms with Crippen LogP contribution in [-0.2, 0) is 11.3 Å². The van der Waals surface area contributed by atoms with Crippen molar-refractivity contribution in [3.05, 3.63) is 60.2 Å². The number of aromatic amines is 1. The molecular weight excluding hydrogens is 400 g/mol. The maximum absolute atomic E-state index is 13.0. The third kappa shape index (κ3) is 4.94. The first-order valence-corrected chi connectivity index (χ1v) is 10.9. The molecule has 0 fully saturated rings. The first kappa shape index (κ1) is 20.3. The summed E-state index contributed by atoms with van der Waals surface area (Å²) in [5.74, 6) is 2.51. The van der Waals surface area contributed by atoms with Crippen molar-refractivity contribution in [2.45, 2.75) is 37.4 Å². The minimum absolute atomic E-state index is 0.0281. The highest BCUT2D eigenvalue weighted by atomic mass is 32.2. The number of thioether (sulfide) groups is 1. The molecule has 1 aromatic carbocycles. The molecule has 4 rings (SSSR count). The summed E-state index contributed by atoms with van der Waals surface area (Å²) in [4.78, 5) is 19.4. The molecule has 156 valence electrons. The van der Waals surface area contributed by atoms with Gasteiger partial charge >= 0.3 is 0 Å². The Morgan fingerprint density at radius 1 is 1.27 bits per heavy atom. The topological polar surface area (TPSA) is 84.2 Å². The number of ether oxygens (including phenoxy) is 1. The fraction of sp³-hybridized carbons (Fsp3) is 0.318. The number of carbonyl (C=O) groups is 1. The van der Waals surface area contributed by atoms with Crippen molar-refractivity contribution >= 4 is 17.7 Å². The predicted octanol–water partition coefficient (Wildman–Crippen LogP) is 4.65. The van der Waals surface area contributed by atoms with Gasteiger partial charge in [-0.15, -0.1) is 5.10 Å². The zero-order valence-corrected chi connectivity index (χ0v) is 17.7. The molecule has 0 saturated carbocycles. The molecule has 0 unspecified atom stereocenters. The average molecular weight is 425 g/mol. The van der Waals surface area contributed by atoms with Crippen LogP contribution < -0.4 is 4.74 Å². The first-order valence-electron chi connectivity index (χ1n) is 9.94. The number of methoxy groups -OCH3 is 1. The lowest BCUT2D eigenvalue weighted by Gasteiger charge is -2.26. The maximum Gasteiger partial charge on any atom is 0.237 e. The number of benzene rings is 1. The lowest BCUT2D eigenvalue weighted by molar-refractivity contribution is -0.127. The largest absolute Gasteiger partial charge is 0.497 e. The molecule has 0 aliphatic heterocycles. The van der Waals surface area contributed by atoms with Gasteiger partial charge in [-0.1, -0.05) is 17.8 Å². The molecule has 0 atom stereocenters. The minimum Gasteiger partial charge on any atom is -0.497 e. The minimum atomic E-state index is 0.0281. The summed E-state index contributed by atoms with van der Waals surface area (Å²) in [5.41, 5.74) is 1.99. The molecule has 2 heterocycles. The maximum atomic E-state index is 13.0. The van der Waals surface area contributed by atoms with Gasteiger partial charge in [0.15, 0.2) is 5.82 Å². The number of hydrogen-bond acceptors (Lipinski definition) is 6. The van der Waals surface area contributed by atoms with Crippen molar-refractivity contribution in [3.63, 3.8) is 0 Å². The average Bonchev–Trinajstić information content (AvgIpc) is 3.49. The molecule has 1 N–H and O–H groups in total. The molecule has 1 aliphatic carbocycles. The monoisotopic (exact) mass is 424 g/mol. The van der Waals surface area contributed by atoms with Gasteiger partial charge in [0.1, 0.15) is 11.5 Å². The van der Waals surface area contributed by atoms with Crippen molar-refractivity contribution < 1.29 is 13.9 Å². The molecule has 30 heavy (non-hydrogen) atoms. The standard InChI is InChI=1S/C22H24N4O3S/c1-28-18-11-9-16(10-12-18)21-23-22(25-24-21)30-15-20(27)26(14-19-8-5-13-29-19)17-6-3-2-4-7-17/h5-6,8-13H,2-4,7,14-15H2,1H3,(H,23,24,25). The van der Waals surface area contributed by atoms with E-state index in [0.29, 0.717) is 17.5 Å². The zero-order valence-electron chi connectivity index (χ0n) is 16.8. The van der Waals surface area contributed by atoms with Gasteiger partial charge in [0.05, 0.1) is 25.7 Å². The number of carbonyl (C=O) groups excluding carboxylic acids is 1. The number of hydrogen-bond donors (Lipinski definition) is 1. The molecule has 0 saturated heterocycles. The Morgan fingerprint density at radius 3 is 2.83 bits per heavy atom. The highest BCUT2D eigenvalue weighted by molar-refractivity contribution is 7.99. The van der Waals surface area contributed by atoms with E-state index in [9.17, 15) is 4.79 Å². The summed E-state index contributed by atoms with van der Waals surface area (Å²) in [6.45, 7) is 0.448. The Kier molecular flexibility index (Phi) is 6.53. The smallest absolute Gasteiger partial charge is 0.237 e. The molecule has 1 amide bonds. The second-order valence-electron chi connectivity index (χ2n) is 6.98. The Morgan fingerprint density at radius 2 is 2.13 bits per heavy atom. The lowest BCUT2D eigenvalue weighted by Crippen LogP contribution is -2.32. The van der Waals surface area contributed by atoms with Crippen LogP contribution in [0.3, 0.4) is 0 Å². The Balaban J connectivity index is 1.41. The van der Waals surface area contributed by atoms with Gasteiger partial charge in [0.25, 0.3) is 0 Å². The number of nitrogens with one attached hydrogen (secondary N) is 1. The fourth-order valence-electron chi connectivity index (χ4n) is 3.37. The molecule has 8 heteroatoms. The second-order valence-corrected chi connectivity index (χ2v) is 7.93. The van der Waals surface area contributed by atoms with E-state index in [1.54, 1.807) is 13.4 Å². The highest BCUT2D eigenvalue weighted by Gasteiger charge is 2.21. The second kappa shape index (κ2) is 9.67. The van der Waals surface area contributed by atoms with E-state index >= 15 is 0 Å². The van der Waals surface area contributed by atoms with E-state index in [0.717, 1.165) is 42.0 Å². The number of allylic oxidation sites excluding steroid dienone is 2. The third-order valence-corrected chi connectivity index (χ3v) is 5.79. The molecule has 7 nitrogen and oxygen atoms in total. The molecule has 0 bridgehead atoms. The summed E-state index contributed by atoms with van der Waals surface area (Å²) < 4.78 is 10.7. The van der Waals surface area contributed by atoms with Crippen molar-refractivity contribution in [3.8, 4) is 17.1 Å². The van der Waals surface area contributed by atoms with Gasteiger partial charge in [-0.25, -0.2) is 4.98 Å². The van der Waals surface area contributed by atoms with Crippen LogP contribution in [0.15, 0.2) is 64.0 Å². The molecule has 3 aromatic rings. The normalized spacial score (nSPS) is 13.7. The fourth-order valence-corrected chi connectivity index (χ4v) is 4.04. The van der Waals surface area contributed by atoms with Crippen LogP contribution in [0.1, 0.15) is 31.4 Å². The van der Waals surface area contributed by atoms with Crippen LogP contribution in [-0.4, -0.2) is 38.9 Å². The SMILES string of the molecule is COc1ccc(-c2nc(SCC(=O)N(Cc3ccco3)C3=CCCCC3)n[nH]2)cc1. The van der Waals surface area contributed by atoms with Gasteiger partial charge < -0.3 is 14.1 Å². The summed E-state index contributed by atoms with van der Waals surface area (Å²) in [6, 6.07) is 11.3. The van der Waals surface area contributed by atoms with Crippen molar-refractivity contribution in [1.82, 2.24) is 20.1 Å². The van der Waals surface area contributed by atoms with E-state index in [4.69, 9.17) is 9.15 Å². The van der Waals surface area contributed by atoms with Gasteiger partial charge in [-0.3, -0.25) is 9.89 Å². The van der Waals surface area contributed by atoms with Gasteiger partial charge in [0.2, 0.25) is 11.1 Å². The lowest BCUT2D eigenvalue weighted by atomic mass is 10.0. The van der Waals surface area contributed by atoms with Gasteiger partial charge in [0, 0.05) is 11.3 Å². The van der Waals surface area contributed by atoms with E-state index in [1.165, 1.54) is 18.2 Å². The molecule has 1 aliphatic rings. The summed E-state index contributed by atoms with van der Waals surface area (Å²) in [7, 11) is 1.63. The third-order valence-electron chi connectivity index (χ3n) is 4.96. The van der Waals surface area contributed by atoms with Crippen LogP contribution in [0.25, 0.3) is 11.4 Å². The molecule has 0 spiro atoms. The molecular formula is C22H24N4O3S. The summed E-state index contributed by atoms with van der Waals surface area (Å²) in [5, 5.41) is 7.73. The van der Waals surface area contributed by atoms with E-state index < -0.39 is 0 Å². The van der Waals surface area contributed by atoms with Crippen LogP contribution in [0.4, 0.5) is 0 Å². The van der Waals surface area contributed by atoms with Crippen LogP contribution >= 0.6 is 11.8 Å². The number of rotatable bonds is 8. The van der Waals surface area contributed by atoms with E-state index in [-0.39, 0.29) is 11.7 Å². The van der Waals surface area contributed by atoms with Crippen LogP contribution in [0.5, 0.6) is 5.75 Å². The van der Waals surface area contributed by atoms with Gasteiger partial charge in [-0.05, 0) is 62.1 Å². The predicted molar refractivity (Wildman–Crippen MR) is 115 cm³/mol. The summed E-state index contributed by atoms with van der Waals surface area (Å²) >= 11 is 1.33. The van der Waals surface area contributed by atoms with Gasteiger partial charge in [-0.2, -0.15) is 0 Å². The molecule has 2 aromatic heterocycles. The van der Waals surface area contributed by atoms with E-state index in [2.05, 4.69) is 21.3 Å². The van der Waals surface area contributed by atoms with Crippen molar-refractivity contribution in [2.75, 3.05) is 12.9 Å². The quantitative estimate of drug-likeness (QED) is 0.530. The first-order chi connectivity index (χ1) is 14.7. The number of aromatic nitrogens is 3. The van der Waals surface area contributed by atoms with Crippen molar-refractivity contribution in [2.24, 2.45) is 0 Å². The van der Waals surface area contributed by atoms with Crippen LogP contribution in [0.2, 0.25) is 0 Å². The zero-order chi connectivity index (χ0) is 20.8.